The molecule has 0 spiro atoms. The fourth-order valence-electron chi connectivity index (χ4n) is 2.42. The van der Waals surface area contributed by atoms with Crippen molar-refractivity contribution in [3.05, 3.63) is 63.1 Å². The lowest BCUT2D eigenvalue weighted by molar-refractivity contribution is 0.793. The zero-order valence-electron chi connectivity index (χ0n) is 11.9. The van der Waals surface area contributed by atoms with E-state index in [1.807, 2.05) is 20.2 Å². The van der Waals surface area contributed by atoms with Gasteiger partial charge in [-0.1, -0.05) is 18.2 Å². The monoisotopic (exact) mass is 256 g/mol. The van der Waals surface area contributed by atoms with E-state index in [0.717, 1.165) is 16.9 Å². The van der Waals surface area contributed by atoms with Gasteiger partial charge in [0.2, 0.25) is 0 Å². The van der Waals surface area contributed by atoms with Crippen LogP contribution in [0.3, 0.4) is 0 Å². The van der Waals surface area contributed by atoms with Crippen molar-refractivity contribution in [2.75, 3.05) is 7.05 Å². The third kappa shape index (κ3) is 2.61. The van der Waals surface area contributed by atoms with Crippen molar-refractivity contribution < 1.29 is 0 Å². The summed E-state index contributed by atoms with van der Waals surface area (Å²) in [5.41, 5.74) is 5.43. The van der Waals surface area contributed by atoms with Crippen LogP contribution in [0.4, 0.5) is 0 Å². The number of rotatable bonds is 3. The van der Waals surface area contributed by atoms with Crippen LogP contribution in [0, 0.1) is 20.8 Å². The molecule has 3 nitrogen and oxygen atoms in total. The Balaban J connectivity index is 2.68. The van der Waals surface area contributed by atoms with Gasteiger partial charge in [0.1, 0.15) is 0 Å². The first-order valence-electron chi connectivity index (χ1n) is 6.48. The van der Waals surface area contributed by atoms with Crippen LogP contribution in [0.15, 0.2) is 35.3 Å². The standard InChI is InChI=1S/C16H20N2O/c1-11-6-5-7-12(2)16(11)18-10-14(9-17-4)15(19)8-13(18)3/h5-8,10,17H,9H2,1-4H3. The molecule has 0 radical (unpaired) electrons. The Hall–Kier alpha value is -1.87. The first kappa shape index (κ1) is 13.6. The van der Waals surface area contributed by atoms with Crippen LogP contribution in [0.5, 0.6) is 0 Å². The Morgan fingerprint density at radius 3 is 2.37 bits per heavy atom. The minimum absolute atomic E-state index is 0.0920. The van der Waals surface area contributed by atoms with Gasteiger partial charge < -0.3 is 9.88 Å². The summed E-state index contributed by atoms with van der Waals surface area (Å²) in [6.07, 6.45) is 1.95. The molecule has 0 fully saturated rings. The molecule has 0 atom stereocenters. The second-order valence-electron chi connectivity index (χ2n) is 4.95. The van der Waals surface area contributed by atoms with Crippen LogP contribution in [0.25, 0.3) is 5.69 Å². The molecule has 0 saturated carbocycles. The van der Waals surface area contributed by atoms with Gasteiger partial charge in [-0.05, 0) is 38.9 Å². The summed E-state index contributed by atoms with van der Waals surface area (Å²) in [7, 11) is 1.85. The molecular formula is C16H20N2O. The smallest absolute Gasteiger partial charge is 0.186 e. The number of hydrogen-bond donors (Lipinski definition) is 1. The molecule has 100 valence electrons. The fourth-order valence-corrected chi connectivity index (χ4v) is 2.42. The number of hydrogen-bond acceptors (Lipinski definition) is 2. The Labute approximate surface area is 113 Å². The topological polar surface area (TPSA) is 34.0 Å². The number of nitrogens with one attached hydrogen (secondary N) is 1. The Morgan fingerprint density at radius 2 is 1.79 bits per heavy atom. The second kappa shape index (κ2) is 5.41. The first-order chi connectivity index (χ1) is 9.04. The van der Waals surface area contributed by atoms with Crippen molar-refractivity contribution in [2.45, 2.75) is 27.3 Å². The minimum Gasteiger partial charge on any atom is -0.320 e. The van der Waals surface area contributed by atoms with Gasteiger partial charge in [-0.3, -0.25) is 4.79 Å². The van der Waals surface area contributed by atoms with Crippen molar-refractivity contribution in [3.63, 3.8) is 0 Å². The summed E-state index contributed by atoms with van der Waals surface area (Å²) in [5, 5.41) is 3.04. The number of para-hydroxylation sites is 1. The molecule has 0 amide bonds. The summed E-state index contributed by atoms with van der Waals surface area (Å²) in [6.45, 7) is 6.75. The van der Waals surface area contributed by atoms with Gasteiger partial charge in [0.25, 0.3) is 0 Å². The maximum atomic E-state index is 11.9. The van der Waals surface area contributed by atoms with E-state index in [2.05, 4.69) is 41.9 Å². The van der Waals surface area contributed by atoms with Gasteiger partial charge in [0, 0.05) is 30.1 Å². The van der Waals surface area contributed by atoms with E-state index >= 15 is 0 Å². The molecule has 2 rings (SSSR count). The molecule has 19 heavy (non-hydrogen) atoms. The first-order valence-corrected chi connectivity index (χ1v) is 6.48. The zero-order valence-corrected chi connectivity index (χ0v) is 11.9. The van der Waals surface area contributed by atoms with E-state index in [0.29, 0.717) is 6.54 Å². The number of pyridine rings is 1. The maximum absolute atomic E-state index is 11.9. The molecule has 0 saturated heterocycles. The predicted octanol–water partition coefficient (Wildman–Crippen LogP) is 2.48. The molecule has 0 bridgehead atoms. The highest BCUT2D eigenvalue weighted by atomic mass is 16.1. The lowest BCUT2D eigenvalue weighted by Gasteiger charge is -2.17. The summed E-state index contributed by atoms with van der Waals surface area (Å²) in [5.74, 6) is 0. The molecule has 0 unspecified atom stereocenters. The fraction of sp³-hybridized carbons (Fsp3) is 0.312. The lowest BCUT2D eigenvalue weighted by Crippen LogP contribution is -2.19. The lowest BCUT2D eigenvalue weighted by atomic mass is 10.1. The SMILES string of the molecule is CNCc1cn(-c2c(C)cccc2C)c(C)cc1=O. The summed E-state index contributed by atoms with van der Waals surface area (Å²) < 4.78 is 2.11. The van der Waals surface area contributed by atoms with Crippen LogP contribution in [-0.4, -0.2) is 11.6 Å². The van der Waals surface area contributed by atoms with E-state index in [4.69, 9.17) is 0 Å². The van der Waals surface area contributed by atoms with E-state index in [1.165, 1.54) is 11.1 Å². The van der Waals surface area contributed by atoms with Crippen LogP contribution >= 0.6 is 0 Å². The van der Waals surface area contributed by atoms with Crippen LogP contribution in [-0.2, 0) is 6.54 Å². The normalized spacial score (nSPS) is 10.7. The molecule has 1 heterocycles. The van der Waals surface area contributed by atoms with Gasteiger partial charge in [0.15, 0.2) is 5.43 Å². The average Bonchev–Trinajstić information content (AvgIpc) is 2.34. The Bertz CT molecular complexity index is 636. The largest absolute Gasteiger partial charge is 0.320 e. The van der Waals surface area contributed by atoms with Crippen molar-refractivity contribution in [1.29, 1.82) is 0 Å². The van der Waals surface area contributed by atoms with Gasteiger partial charge in [0.05, 0.1) is 5.69 Å². The third-order valence-corrected chi connectivity index (χ3v) is 3.37. The average molecular weight is 256 g/mol. The van der Waals surface area contributed by atoms with E-state index in [9.17, 15) is 4.79 Å². The molecule has 3 heteroatoms. The molecule has 0 aliphatic rings. The number of benzene rings is 1. The number of aromatic nitrogens is 1. The van der Waals surface area contributed by atoms with Crippen molar-refractivity contribution in [3.8, 4) is 5.69 Å². The van der Waals surface area contributed by atoms with Crippen LogP contribution in [0.1, 0.15) is 22.4 Å². The highest BCUT2D eigenvalue weighted by Crippen LogP contribution is 2.20. The van der Waals surface area contributed by atoms with E-state index < -0.39 is 0 Å². The van der Waals surface area contributed by atoms with Crippen LogP contribution < -0.4 is 10.7 Å². The Kier molecular flexibility index (Phi) is 3.86. The van der Waals surface area contributed by atoms with Gasteiger partial charge in [-0.2, -0.15) is 0 Å². The number of nitrogens with zero attached hydrogens (tertiary/aromatic N) is 1. The second-order valence-corrected chi connectivity index (χ2v) is 4.95. The van der Waals surface area contributed by atoms with Crippen molar-refractivity contribution >= 4 is 0 Å². The summed E-state index contributed by atoms with van der Waals surface area (Å²) in [6, 6.07) is 7.95. The number of aryl methyl sites for hydroxylation is 3. The predicted molar refractivity (Wildman–Crippen MR) is 79.0 cm³/mol. The van der Waals surface area contributed by atoms with Crippen molar-refractivity contribution in [2.24, 2.45) is 0 Å². The van der Waals surface area contributed by atoms with E-state index in [1.54, 1.807) is 6.07 Å². The summed E-state index contributed by atoms with van der Waals surface area (Å²) >= 11 is 0. The Morgan fingerprint density at radius 1 is 1.16 bits per heavy atom. The molecule has 0 aliphatic carbocycles. The van der Waals surface area contributed by atoms with Gasteiger partial charge >= 0.3 is 0 Å². The quantitative estimate of drug-likeness (QED) is 0.915. The third-order valence-electron chi connectivity index (χ3n) is 3.37. The highest BCUT2D eigenvalue weighted by molar-refractivity contribution is 5.48. The maximum Gasteiger partial charge on any atom is 0.186 e. The summed E-state index contributed by atoms with van der Waals surface area (Å²) in [4.78, 5) is 11.9. The van der Waals surface area contributed by atoms with E-state index in [-0.39, 0.29) is 5.43 Å². The molecule has 0 aliphatic heterocycles. The molecular weight excluding hydrogens is 236 g/mol. The van der Waals surface area contributed by atoms with Crippen LogP contribution in [0.2, 0.25) is 0 Å². The van der Waals surface area contributed by atoms with Gasteiger partial charge in [-0.15, -0.1) is 0 Å². The van der Waals surface area contributed by atoms with Gasteiger partial charge in [-0.25, -0.2) is 0 Å². The zero-order chi connectivity index (χ0) is 14.0. The van der Waals surface area contributed by atoms with Crippen molar-refractivity contribution in [1.82, 2.24) is 9.88 Å². The highest BCUT2D eigenvalue weighted by Gasteiger charge is 2.09. The minimum atomic E-state index is 0.0920. The molecule has 2 aromatic rings. The molecule has 1 N–H and O–H groups in total. The molecule has 1 aromatic carbocycles. The molecule has 1 aromatic heterocycles.